The minimum atomic E-state index is 0.310. The first-order valence-corrected chi connectivity index (χ1v) is 9.94. The molecule has 2 aliphatic rings. The lowest BCUT2D eigenvalue weighted by atomic mass is 10.1. The predicted octanol–water partition coefficient (Wildman–Crippen LogP) is 3.01. The third kappa shape index (κ3) is 4.16. The van der Waals surface area contributed by atoms with Crippen LogP contribution in [0.1, 0.15) is 24.0 Å². The molecular formula is C21H29N5O. The molecule has 6 heteroatoms. The van der Waals surface area contributed by atoms with Crippen molar-refractivity contribution < 1.29 is 4.74 Å². The maximum Gasteiger partial charge on any atom is 0.134 e. The van der Waals surface area contributed by atoms with E-state index in [4.69, 9.17) is 4.74 Å². The van der Waals surface area contributed by atoms with E-state index >= 15 is 0 Å². The summed E-state index contributed by atoms with van der Waals surface area (Å²) in [4.78, 5) is 13.7. The summed E-state index contributed by atoms with van der Waals surface area (Å²) in [5, 5.41) is 3.40. The first kappa shape index (κ1) is 18.0. The van der Waals surface area contributed by atoms with Crippen LogP contribution in [0.4, 0.5) is 17.3 Å². The molecular weight excluding hydrogens is 338 g/mol. The smallest absolute Gasteiger partial charge is 0.134 e. The Hall–Kier alpha value is -2.34. The number of nitrogens with zero attached hydrogens (tertiary/aromatic N) is 4. The second-order valence-corrected chi connectivity index (χ2v) is 7.47. The number of ether oxygens (including phenoxy) is 1. The molecule has 0 saturated carbocycles. The molecule has 1 aromatic heterocycles. The van der Waals surface area contributed by atoms with Crippen molar-refractivity contribution in [1.82, 2.24) is 9.97 Å². The maximum absolute atomic E-state index is 5.67. The first-order chi connectivity index (χ1) is 13.2. The number of rotatable bonds is 5. The summed E-state index contributed by atoms with van der Waals surface area (Å²) in [6.07, 6.45) is 4.26. The summed E-state index contributed by atoms with van der Waals surface area (Å²) in [5.74, 6) is 1.88. The standard InChI is InChI=1S/C21H29N5O/c1-16-5-3-7-19(17(16)2)25-8-10-26(11-9-25)21-13-20(23-15-24-21)22-14-18-6-4-12-27-18/h3,5,7,13,15,18H,4,6,8-12,14H2,1-2H3,(H,22,23,24). The Morgan fingerprint density at radius 3 is 2.70 bits per heavy atom. The molecule has 2 aliphatic heterocycles. The van der Waals surface area contributed by atoms with Gasteiger partial charge in [0.1, 0.15) is 18.0 Å². The van der Waals surface area contributed by atoms with Crippen molar-refractivity contribution in [1.29, 1.82) is 0 Å². The van der Waals surface area contributed by atoms with Gasteiger partial charge in [0.2, 0.25) is 0 Å². The van der Waals surface area contributed by atoms with Crippen LogP contribution in [0.25, 0.3) is 0 Å². The van der Waals surface area contributed by atoms with Gasteiger partial charge in [0.05, 0.1) is 6.10 Å². The highest BCUT2D eigenvalue weighted by molar-refractivity contribution is 5.57. The van der Waals surface area contributed by atoms with Gasteiger partial charge >= 0.3 is 0 Å². The summed E-state index contributed by atoms with van der Waals surface area (Å²) in [6.45, 7) is 10.0. The van der Waals surface area contributed by atoms with Crippen LogP contribution in [0.15, 0.2) is 30.6 Å². The zero-order chi connectivity index (χ0) is 18.6. The normalized spacial score (nSPS) is 20.1. The van der Waals surface area contributed by atoms with E-state index < -0.39 is 0 Å². The lowest BCUT2D eigenvalue weighted by Crippen LogP contribution is -2.47. The predicted molar refractivity (Wildman–Crippen MR) is 110 cm³/mol. The Morgan fingerprint density at radius 2 is 1.93 bits per heavy atom. The van der Waals surface area contributed by atoms with Crippen molar-refractivity contribution in [3.05, 3.63) is 41.7 Å². The summed E-state index contributed by atoms with van der Waals surface area (Å²) in [6, 6.07) is 8.62. The molecule has 0 spiro atoms. The Morgan fingerprint density at radius 1 is 1.11 bits per heavy atom. The molecule has 1 aromatic carbocycles. The number of hydrogen-bond donors (Lipinski definition) is 1. The quantitative estimate of drug-likeness (QED) is 0.877. The molecule has 4 rings (SSSR count). The summed E-state index contributed by atoms with van der Waals surface area (Å²) in [5.41, 5.74) is 4.09. The molecule has 0 amide bonds. The Balaban J connectivity index is 1.36. The molecule has 0 aliphatic carbocycles. The topological polar surface area (TPSA) is 53.5 Å². The van der Waals surface area contributed by atoms with Gasteiger partial charge in [-0.05, 0) is 43.9 Å². The zero-order valence-electron chi connectivity index (χ0n) is 16.3. The summed E-state index contributed by atoms with van der Waals surface area (Å²) < 4.78 is 5.67. The Bertz CT molecular complexity index is 767. The van der Waals surface area contributed by atoms with Crippen LogP contribution in [0.2, 0.25) is 0 Å². The highest BCUT2D eigenvalue weighted by atomic mass is 16.5. The SMILES string of the molecule is Cc1cccc(N2CCN(c3cc(NCC4CCCO4)ncn3)CC2)c1C. The van der Waals surface area contributed by atoms with Crippen LogP contribution < -0.4 is 15.1 Å². The van der Waals surface area contributed by atoms with Crippen LogP contribution in [-0.2, 0) is 4.74 Å². The number of piperazine rings is 1. The summed E-state index contributed by atoms with van der Waals surface area (Å²) in [7, 11) is 0. The molecule has 0 bridgehead atoms. The van der Waals surface area contributed by atoms with Crippen LogP contribution in [0.5, 0.6) is 0 Å². The van der Waals surface area contributed by atoms with Crippen molar-refractivity contribution in [3.8, 4) is 0 Å². The summed E-state index contributed by atoms with van der Waals surface area (Å²) >= 11 is 0. The molecule has 2 fully saturated rings. The number of benzene rings is 1. The molecule has 1 atom stereocenters. The van der Waals surface area contributed by atoms with Gasteiger partial charge in [-0.3, -0.25) is 0 Å². The van der Waals surface area contributed by atoms with Crippen LogP contribution in [0.3, 0.4) is 0 Å². The number of nitrogens with one attached hydrogen (secondary N) is 1. The van der Waals surface area contributed by atoms with E-state index in [0.717, 1.165) is 63.8 Å². The van der Waals surface area contributed by atoms with E-state index in [9.17, 15) is 0 Å². The number of anilines is 3. The highest BCUT2D eigenvalue weighted by Crippen LogP contribution is 2.25. The van der Waals surface area contributed by atoms with Gasteiger partial charge in [0, 0.05) is 51.1 Å². The molecule has 0 radical (unpaired) electrons. The first-order valence-electron chi connectivity index (χ1n) is 9.94. The molecule has 3 heterocycles. The van der Waals surface area contributed by atoms with Gasteiger partial charge in [-0.25, -0.2) is 9.97 Å². The van der Waals surface area contributed by atoms with Gasteiger partial charge < -0.3 is 19.9 Å². The molecule has 27 heavy (non-hydrogen) atoms. The lowest BCUT2D eigenvalue weighted by molar-refractivity contribution is 0.120. The fourth-order valence-electron chi connectivity index (χ4n) is 3.90. The average Bonchev–Trinajstić information content (AvgIpc) is 3.23. The van der Waals surface area contributed by atoms with Crippen molar-refractivity contribution >= 4 is 17.3 Å². The van der Waals surface area contributed by atoms with Gasteiger partial charge in [0.15, 0.2) is 0 Å². The van der Waals surface area contributed by atoms with Crippen LogP contribution >= 0.6 is 0 Å². The molecule has 2 aromatic rings. The number of hydrogen-bond acceptors (Lipinski definition) is 6. The average molecular weight is 367 g/mol. The van der Waals surface area contributed by atoms with Gasteiger partial charge in [0.25, 0.3) is 0 Å². The lowest BCUT2D eigenvalue weighted by Gasteiger charge is -2.37. The molecule has 144 valence electrons. The second-order valence-electron chi connectivity index (χ2n) is 7.47. The van der Waals surface area contributed by atoms with Crippen molar-refractivity contribution in [2.45, 2.75) is 32.8 Å². The van der Waals surface area contributed by atoms with Crippen LogP contribution in [-0.4, -0.2) is 55.4 Å². The zero-order valence-corrected chi connectivity index (χ0v) is 16.3. The van der Waals surface area contributed by atoms with Gasteiger partial charge in [-0.1, -0.05) is 12.1 Å². The monoisotopic (exact) mass is 367 g/mol. The molecule has 1 unspecified atom stereocenters. The fraction of sp³-hybridized carbons (Fsp3) is 0.524. The van der Waals surface area contributed by atoms with E-state index in [2.05, 4.69) is 63.2 Å². The second kappa shape index (κ2) is 8.13. The number of aryl methyl sites for hydroxylation is 1. The van der Waals surface area contributed by atoms with Crippen LogP contribution in [0, 0.1) is 13.8 Å². The Kier molecular flexibility index (Phi) is 5.43. The van der Waals surface area contributed by atoms with E-state index in [1.165, 1.54) is 16.8 Å². The Labute approximate surface area is 161 Å². The van der Waals surface area contributed by atoms with Gasteiger partial charge in [-0.2, -0.15) is 0 Å². The van der Waals surface area contributed by atoms with Crippen molar-refractivity contribution in [2.24, 2.45) is 0 Å². The maximum atomic E-state index is 5.67. The minimum Gasteiger partial charge on any atom is -0.376 e. The highest BCUT2D eigenvalue weighted by Gasteiger charge is 2.20. The van der Waals surface area contributed by atoms with E-state index in [0.29, 0.717) is 6.10 Å². The molecule has 2 saturated heterocycles. The molecule has 1 N–H and O–H groups in total. The minimum absolute atomic E-state index is 0.310. The van der Waals surface area contributed by atoms with E-state index in [1.54, 1.807) is 6.33 Å². The van der Waals surface area contributed by atoms with Gasteiger partial charge in [-0.15, -0.1) is 0 Å². The largest absolute Gasteiger partial charge is 0.376 e. The number of aromatic nitrogens is 2. The van der Waals surface area contributed by atoms with E-state index in [-0.39, 0.29) is 0 Å². The van der Waals surface area contributed by atoms with E-state index in [1.807, 2.05) is 0 Å². The molecule has 6 nitrogen and oxygen atoms in total. The van der Waals surface area contributed by atoms with Crippen molar-refractivity contribution in [3.63, 3.8) is 0 Å². The van der Waals surface area contributed by atoms with Crippen molar-refractivity contribution in [2.75, 3.05) is 54.4 Å². The third-order valence-corrected chi connectivity index (χ3v) is 5.71. The third-order valence-electron chi connectivity index (χ3n) is 5.71. The fourth-order valence-corrected chi connectivity index (χ4v) is 3.90.